The Labute approximate surface area is 123 Å². The van der Waals surface area contributed by atoms with Gasteiger partial charge >= 0.3 is 0 Å². The van der Waals surface area contributed by atoms with Crippen LogP contribution in [0.25, 0.3) is 0 Å². The van der Waals surface area contributed by atoms with Crippen molar-refractivity contribution < 1.29 is 4.79 Å². The van der Waals surface area contributed by atoms with Gasteiger partial charge in [0.15, 0.2) is 0 Å². The molecule has 0 aromatic carbocycles. The molecule has 0 saturated carbocycles. The maximum Gasteiger partial charge on any atom is 0.220 e. The quantitative estimate of drug-likeness (QED) is 0.860. The van der Waals surface area contributed by atoms with Crippen molar-refractivity contribution in [2.75, 3.05) is 0 Å². The van der Waals surface area contributed by atoms with E-state index in [0.29, 0.717) is 12.8 Å². The Morgan fingerprint density at radius 2 is 2.30 bits per heavy atom. The Morgan fingerprint density at radius 3 is 2.90 bits per heavy atom. The number of hydrogen-bond acceptors (Lipinski definition) is 3. The van der Waals surface area contributed by atoms with Crippen LogP contribution in [-0.4, -0.2) is 22.1 Å². The van der Waals surface area contributed by atoms with E-state index in [1.807, 2.05) is 26.8 Å². The number of carbonyl (C=O) groups is 1. The zero-order valence-electron chi connectivity index (χ0n) is 12.2. The molecule has 0 aliphatic heterocycles. The van der Waals surface area contributed by atoms with E-state index in [1.54, 1.807) is 11.3 Å². The van der Waals surface area contributed by atoms with Crippen LogP contribution in [0.3, 0.4) is 0 Å². The van der Waals surface area contributed by atoms with Gasteiger partial charge in [0, 0.05) is 35.9 Å². The summed E-state index contributed by atoms with van der Waals surface area (Å²) in [5.41, 5.74) is 3.22. The average Bonchev–Trinajstić information content (AvgIpc) is 3.00. The predicted molar refractivity (Wildman–Crippen MR) is 82.0 cm³/mol. The second-order valence-electron chi connectivity index (χ2n) is 5.17. The van der Waals surface area contributed by atoms with Crippen molar-refractivity contribution in [3.63, 3.8) is 0 Å². The third-order valence-corrected chi connectivity index (χ3v) is 4.34. The fraction of sp³-hybridized carbons (Fsp3) is 0.467. The molecule has 2 aromatic rings. The fourth-order valence-corrected chi connectivity index (χ4v) is 2.97. The molecule has 5 heteroatoms. The first kappa shape index (κ1) is 14.8. The van der Waals surface area contributed by atoms with Gasteiger partial charge in [0.05, 0.1) is 5.69 Å². The maximum absolute atomic E-state index is 11.9. The smallest absolute Gasteiger partial charge is 0.220 e. The second kappa shape index (κ2) is 6.70. The fourth-order valence-electron chi connectivity index (χ4n) is 2.14. The minimum absolute atomic E-state index is 0.0918. The van der Waals surface area contributed by atoms with Crippen LogP contribution in [0.5, 0.6) is 0 Å². The number of nitrogens with zero attached hydrogens (tertiary/aromatic N) is 1. The van der Waals surface area contributed by atoms with E-state index in [0.717, 1.165) is 23.4 Å². The van der Waals surface area contributed by atoms with Gasteiger partial charge < -0.3 is 5.32 Å². The Morgan fingerprint density at radius 1 is 1.50 bits per heavy atom. The van der Waals surface area contributed by atoms with E-state index in [9.17, 15) is 4.79 Å². The van der Waals surface area contributed by atoms with Crippen molar-refractivity contribution in [2.24, 2.45) is 0 Å². The molecule has 0 unspecified atom stereocenters. The summed E-state index contributed by atoms with van der Waals surface area (Å²) >= 11 is 1.73. The summed E-state index contributed by atoms with van der Waals surface area (Å²) in [6.45, 7) is 6.07. The molecule has 0 saturated heterocycles. The molecule has 0 fully saturated rings. The number of hydrogen-bond donors (Lipinski definition) is 2. The Balaban J connectivity index is 1.76. The first-order valence-corrected chi connectivity index (χ1v) is 7.76. The summed E-state index contributed by atoms with van der Waals surface area (Å²) in [4.78, 5) is 13.2. The van der Waals surface area contributed by atoms with Crippen molar-refractivity contribution in [3.8, 4) is 0 Å². The Bertz CT molecular complexity index is 560. The maximum atomic E-state index is 11.9. The number of carbonyl (C=O) groups excluding carboxylic acids is 1. The molecule has 1 atom stereocenters. The van der Waals surface area contributed by atoms with E-state index < -0.39 is 0 Å². The summed E-state index contributed by atoms with van der Waals surface area (Å²) in [6.07, 6.45) is 2.07. The molecule has 0 aliphatic carbocycles. The summed E-state index contributed by atoms with van der Waals surface area (Å²) in [5, 5.41) is 12.3. The van der Waals surface area contributed by atoms with Crippen LogP contribution in [-0.2, 0) is 17.6 Å². The highest BCUT2D eigenvalue weighted by Gasteiger charge is 2.11. The lowest BCUT2D eigenvalue weighted by molar-refractivity contribution is -0.121. The topological polar surface area (TPSA) is 57.8 Å². The van der Waals surface area contributed by atoms with Crippen LogP contribution in [0.15, 0.2) is 17.5 Å². The van der Waals surface area contributed by atoms with Crippen LogP contribution in [0.1, 0.15) is 35.2 Å². The number of thiophene rings is 1. The number of rotatable bonds is 6. The Kier molecular flexibility index (Phi) is 4.95. The van der Waals surface area contributed by atoms with Gasteiger partial charge in [-0.25, -0.2) is 0 Å². The molecule has 2 aromatic heterocycles. The number of aryl methyl sites for hydroxylation is 2. The molecular formula is C15H21N3OS. The largest absolute Gasteiger partial charge is 0.353 e. The predicted octanol–water partition coefficient (Wildman–Crippen LogP) is 2.77. The normalized spacial score (nSPS) is 12.3. The summed E-state index contributed by atoms with van der Waals surface area (Å²) in [6, 6.07) is 4.31. The van der Waals surface area contributed by atoms with Crippen molar-refractivity contribution in [3.05, 3.63) is 39.3 Å². The van der Waals surface area contributed by atoms with Crippen molar-refractivity contribution >= 4 is 17.2 Å². The van der Waals surface area contributed by atoms with E-state index in [-0.39, 0.29) is 11.9 Å². The summed E-state index contributed by atoms with van der Waals surface area (Å²) in [5.74, 6) is 0.0918. The molecule has 2 N–H and O–H groups in total. The van der Waals surface area contributed by atoms with Gasteiger partial charge in [-0.05, 0) is 37.8 Å². The van der Waals surface area contributed by atoms with Gasteiger partial charge in [-0.2, -0.15) is 5.10 Å². The van der Waals surface area contributed by atoms with Crippen LogP contribution < -0.4 is 5.32 Å². The number of H-pyrrole nitrogens is 1. The number of nitrogens with one attached hydrogen (secondary N) is 2. The van der Waals surface area contributed by atoms with Crippen LogP contribution in [0.4, 0.5) is 0 Å². The molecule has 4 nitrogen and oxygen atoms in total. The van der Waals surface area contributed by atoms with Gasteiger partial charge in [-0.1, -0.05) is 6.07 Å². The minimum Gasteiger partial charge on any atom is -0.353 e. The molecule has 0 radical (unpaired) electrons. The highest BCUT2D eigenvalue weighted by atomic mass is 32.1. The zero-order valence-corrected chi connectivity index (χ0v) is 13.0. The molecule has 2 heterocycles. The first-order chi connectivity index (χ1) is 9.56. The number of aromatic nitrogens is 2. The third-order valence-electron chi connectivity index (χ3n) is 3.44. The van der Waals surface area contributed by atoms with Crippen molar-refractivity contribution in [2.45, 2.75) is 46.1 Å². The molecule has 2 rings (SSSR count). The highest BCUT2D eigenvalue weighted by Crippen LogP contribution is 2.12. The molecular weight excluding hydrogens is 270 g/mol. The van der Waals surface area contributed by atoms with Gasteiger partial charge in [-0.3, -0.25) is 9.89 Å². The third kappa shape index (κ3) is 3.93. The monoisotopic (exact) mass is 291 g/mol. The second-order valence-corrected chi connectivity index (χ2v) is 6.20. The van der Waals surface area contributed by atoms with Crippen LogP contribution in [0, 0.1) is 13.8 Å². The van der Waals surface area contributed by atoms with E-state index in [2.05, 4.69) is 27.0 Å². The summed E-state index contributed by atoms with van der Waals surface area (Å²) < 4.78 is 0. The molecule has 1 amide bonds. The van der Waals surface area contributed by atoms with E-state index in [1.165, 1.54) is 4.88 Å². The molecule has 0 bridgehead atoms. The van der Waals surface area contributed by atoms with Crippen LogP contribution >= 0.6 is 11.3 Å². The van der Waals surface area contributed by atoms with Crippen molar-refractivity contribution in [1.82, 2.24) is 15.5 Å². The van der Waals surface area contributed by atoms with E-state index >= 15 is 0 Å². The lowest BCUT2D eigenvalue weighted by Crippen LogP contribution is -2.34. The summed E-state index contributed by atoms with van der Waals surface area (Å²) in [7, 11) is 0. The Hall–Kier alpha value is -1.62. The highest BCUT2D eigenvalue weighted by molar-refractivity contribution is 7.09. The van der Waals surface area contributed by atoms with Crippen molar-refractivity contribution in [1.29, 1.82) is 0 Å². The molecule has 108 valence electrons. The first-order valence-electron chi connectivity index (χ1n) is 6.88. The number of aromatic amines is 1. The van der Waals surface area contributed by atoms with Gasteiger partial charge in [-0.15, -0.1) is 11.3 Å². The van der Waals surface area contributed by atoms with Gasteiger partial charge in [0.1, 0.15) is 0 Å². The van der Waals surface area contributed by atoms with Crippen LogP contribution in [0.2, 0.25) is 0 Å². The minimum atomic E-state index is 0.0918. The van der Waals surface area contributed by atoms with E-state index in [4.69, 9.17) is 0 Å². The molecule has 0 aliphatic rings. The van der Waals surface area contributed by atoms with Gasteiger partial charge in [0.25, 0.3) is 0 Å². The molecule has 20 heavy (non-hydrogen) atoms. The number of amides is 1. The SMILES string of the molecule is Cc1[nH]nc(CCC(=O)N[C@H](C)Cc2cccs2)c1C. The molecule has 0 spiro atoms. The lowest BCUT2D eigenvalue weighted by Gasteiger charge is -2.12. The standard InChI is InChI=1S/C15H21N3OS/c1-10(9-13-5-4-8-20-13)16-15(19)7-6-14-11(2)12(3)17-18-14/h4-5,8,10H,6-7,9H2,1-3H3,(H,16,19)(H,17,18)/t10-/m1/s1. The zero-order chi connectivity index (χ0) is 14.5. The van der Waals surface area contributed by atoms with Gasteiger partial charge in [0.2, 0.25) is 5.91 Å². The average molecular weight is 291 g/mol. The lowest BCUT2D eigenvalue weighted by atomic mass is 10.1.